The van der Waals surface area contributed by atoms with Crippen LogP contribution < -0.4 is 10.6 Å². The number of hydrogen-bond donors (Lipinski definition) is 3. The first-order chi connectivity index (χ1) is 16.2. The molecule has 0 bridgehead atoms. The Morgan fingerprint density at radius 2 is 2.06 bits per heavy atom. The van der Waals surface area contributed by atoms with Gasteiger partial charge in [0, 0.05) is 35.4 Å². The summed E-state index contributed by atoms with van der Waals surface area (Å²) >= 11 is 0. The second kappa shape index (κ2) is 8.05. The van der Waals surface area contributed by atoms with Gasteiger partial charge in [0.2, 0.25) is 0 Å². The van der Waals surface area contributed by atoms with E-state index in [1.165, 1.54) is 17.7 Å². The maximum atomic E-state index is 4.93. The molecule has 0 aliphatic carbocycles. The monoisotopic (exact) mass is 436 g/mol. The van der Waals surface area contributed by atoms with Crippen molar-refractivity contribution in [1.29, 1.82) is 0 Å². The lowest BCUT2D eigenvalue weighted by molar-refractivity contribution is 0.830. The molecule has 0 atom stereocenters. The molecular weight excluding hydrogens is 412 g/mol. The zero-order chi connectivity index (χ0) is 22.2. The van der Waals surface area contributed by atoms with E-state index in [1.54, 1.807) is 10.8 Å². The topological polar surface area (TPSA) is 95.8 Å². The average molecular weight is 437 g/mol. The van der Waals surface area contributed by atoms with Crippen LogP contribution in [-0.4, -0.2) is 36.1 Å². The zero-order valence-electron chi connectivity index (χ0n) is 18.3. The molecule has 1 aromatic carbocycles. The second-order valence-corrected chi connectivity index (χ2v) is 8.31. The number of rotatable bonds is 5. The van der Waals surface area contributed by atoms with Crippen molar-refractivity contribution in [3.63, 3.8) is 0 Å². The minimum Gasteiger partial charge on any atom is -0.385 e. The molecule has 8 nitrogen and oxygen atoms in total. The van der Waals surface area contributed by atoms with Gasteiger partial charge in [-0.25, -0.2) is 14.5 Å². The number of nitrogens with zero attached hydrogens (tertiary/aromatic N) is 5. The fourth-order valence-corrected chi connectivity index (χ4v) is 4.31. The van der Waals surface area contributed by atoms with Crippen molar-refractivity contribution in [2.45, 2.75) is 26.3 Å². The number of aryl methyl sites for hydroxylation is 2. The summed E-state index contributed by atoms with van der Waals surface area (Å²) in [6.45, 7) is 3.62. The Hall–Kier alpha value is -4.20. The Bertz CT molecular complexity index is 1450. The largest absolute Gasteiger partial charge is 0.385 e. The molecule has 6 rings (SSSR count). The van der Waals surface area contributed by atoms with Gasteiger partial charge in [0.05, 0.1) is 17.9 Å². The third-order valence-corrected chi connectivity index (χ3v) is 5.95. The molecule has 33 heavy (non-hydrogen) atoms. The van der Waals surface area contributed by atoms with E-state index < -0.39 is 0 Å². The molecule has 0 spiro atoms. The van der Waals surface area contributed by atoms with Crippen LogP contribution in [0.1, 0.15) is 23.5 Å². The summed E-state index contributed by atoms with van der Waals surface area (Å²) in [5.74, 6) is 0.845. The van der Waals surface area contributed by atoms with Crippen LogP contribution in [0.15, 0.2) is 61.1 Å². The van der Waals surface area contributed by atoms with E-state index in [9.17, 15) is 0 Å². The number of pyridine rings is 2. The molecule has 5 aromatic rings. The van der Waals surface area contributed by atoms with Crippen molar-refractivity contribution >= 4 is 17.0 Å². The summed E-state index contributed by atoms with van der Waals surface area (Å²) in [5, 5.41) is 11.3. The summed E-state index contributed by atoms with van der Waals surface area (Å²) in [7, 11) is 0. The highest BCUT2D eigenvalue weighted by Crippen LogP contribution is 2.30. The number of fused-ring (bicyclic) bond motifs is 2. The SMILES string of the molecule is Cc1cccc(-c2nc(CNc3ccc4c(c3)CCCN4)[nH]c2-c2ccc3ncnn3c2)n1. The quantitative estimate of drug-likeness (QED) is 0.376. The van der Waals surface area contributed by atoms with Gasteiger partial charge in [-0.3, -0.25) is 4.98 Å². The molecule has 3 N–H and O–H groups in total. The zero-order valence-corrected chi connectivity index (χ0v) is 18.3. The highest BCUT2D eigenvalue weighted by Gasteiger charge is 2.17. The van der Waals surface area contributed by atoms with Crippen molar-refractivity contribution in [2.24, 2.45) is 0 Å². The van der Waals surface area contributed by atoms with Crippen LogP contribution in [0.4, 0.5) is 11.4 Å². The lowest BCUT2D eigenvalue weighted by Crippen LogP contribution is -2.12. The van der Waals surface area contributed by atoms with Gasteiger partial charge in [0.1, 0.15) is 17.8 Å². The van der Waals surface area contributed by atoms with Crippen LogP contribution in [0.3, 0.4) is 0 Å². The van der Waals surface area contributed by atoms with Gasteiger partial charge in [0.15, 0.2) is 5.65 Å². The summed E-state index contributed by atoms with van der Waals surface area (Å²) in [5.41, 5.74) is 9.00. The van der Waals surface area contributed by atoms with E-state index in [0.29, 0.717) is 6.54 Å². The van der Waals surface area contributed by atoms with Crippen molar-refractivity contribution < 1.29 is 0 Å². The summed E-state index contributed by atoms with van der Waals surface area (Å²) in [4.78, 5) is 17.4. The van der Waals surface area contributed by atoms with E-state index in [0.717, 1.165) is 58.5 Å². The Labute approximate surface area is 191 Å². The summed E-state index contributed by atoms with van der Waals surface area (Å²) in [6.07, 6.45) is 5.79. The Morgan fingerprint density at radius 1 is 1.09 bits per heavy atom. The Balaban J connectivity index is 1.34. The molecule has 0 saturated heterocycles. The second-order valence-electron chi connectivity index (χ2n) is 8.31. The lowest BCUT2D eigenvalue weighted by atomic mass is 10.0. The van der Waals surface area contributed by atoms with E-state index in [-0.39, 0.29) is 0 Å². The number of hydrogen-bond acceptors (Lipinski definition) is 6. The minimum absolute atomic E-state index is 0.580. The van der Waals surface area contributed by atoms with Gasteiger partial charge in [-0.05, 0) is 67.8 Å². The number of nitrogens with one attached hydrogen (secondary N) is 3. The number of H-pyrrole nitrogens is 1. The Kier molecular flexibility index (Phi) is 4.75. The molecule has 0 fully saturated rings. The molecule has 0 unspecified atom stereocenters. The molecule has 4 aromatic heterocycles. The molecule has 8 heteroatoms. The third kappa shape index (κ3) is 3.80. The molecule has 0 radical (unpaired) electrons. The number of benzene rings is 1. The minimum atomic E-state index is 0.580. The van der Waals surface area contributed by atoms with Crippen LogP contribution in [-0.2, 0) is 13.0 Å². The van der Waals surface area contributed by atoms with Gasteiger partial charge >= 0.3 is 0 Å². The smallest absolute Gasteiger partial charge is 0.155 e. The standard InChI is InChI=1S/C25H24N8/c1-16-4-2-6-21(30-16)25-24(18-7-10-23-28-15-29-33(23)14-18)31-22(32-25)13-27-19-8-9-20-17(12-19)5-3-11-26-20/h2,4,6-10,12,14-15,26-27H,3,5,11,13H2,1H3,(H,31,32). The molecule has 5 heterocycles. The molecule has 0 saturated carbocycles. The van der Waals surface area contributed by atoms with Crippen LogP contribution in [0.5, 0.6) is 0 Å². The van der Waals surface area contributed by atoms with Gasteiger partial charge in [-0.15, -0.1) is 0 Å². The molecule has 1 aliphatic rings. The average Bonchev–Trinajstić information content (AvgIpc) is 3.49. The number of imidazole rings is 1. The van der Waals surface area contributed by atoms with Crippen molar-refractivity contribution in [2.75, 3.05) is 17.2 Å². The first kappa shape index (κ1) is 19.5. The first-order valence-corrected chi connectivity index (χ1v) is 11.2. The number of aromatic amines is 1. The lowest BCUT2D eigenvalue weighted by Gasteiger charge is -2.18. The van der Waals surface area contributed by atoms with Gasteiger partial charge < -0.3 is 15.6 Å². The predicted octanol–water partition coefficient (Wildman–Crippen LogP) is 4.46. The van der Waals surface area contributed by atoms with Gasteiger partial charge in [0.25, 0.3) is 0 Å². The van der Waals surface area contributed by atoms with E-state index in [4.69, 9.17) is 9.97 Å². The molecule has 1 aliphatic heterocycles. The van der Waals surface area contributed by atoms with Crippen LogP contribution in [0.25, 0.3) is 28.3 Å². The van der Waals surface area contributed by atoms with Crippen LogP contribution >= 0.6 is 0 Å². The predicted molar refractivity (Wildman–Crippen MR) is 129 cm³/mol. The van der Waals surface area contributed by atoms with E-state index in [1.807, 2.05) is 43.5 Å². The maximum absolute atomic E-state index is 4.93. The van der Waals surface area contributed by atoms with Crippen molar-refractivity contribution in [1.82, 2.24) is 29.5 Å². The van der Waals surface area contributed by atoms with Gasteiger partial charge in [-0.1, -0.05) is 6.07 Å². The number of anilines is 2. The van der Waals surface area contributed by atoms with Crippen LogP contribution in [0, 0.1) is 6.92 Å². The first-order valence-electron chi connectivity index (χ1n) is 11.2. The summed E-state index contributed by atoms with van der Waals surface area (Å²) in [6, 6.07) is 16.5. The fraction of sp³-hybridized carbons (Fsp3) is 0.200. The Morgan fingerprint density at radius 3 is 3.00 bits per heavy atom. The normalized spacial score (nSPS) is 13.0. The number of aromatic nitrogens is 6. The highest BCUT2D eigenvalue weighted by atomic mass is 15.3. The highest BCUT2D eigenvalue weighted by molar-refractivity contribution is 5.77. The third-order valence-electron chi connectivity index (χ3n) is 5.95. The maximum Gasteiger partial charge on any atom is 0.155 e. The van der Waals surface area contributed by atoms with Crippen molar-refractivity contribution in [3.05, 3.63) is 78.1 Å². The molecular formula is C25H24N8. The van der Waals surface area contributed by atoms with Crippen LogP contribution in [0.2, 0.25) is 0 Å². The molecule has 0 amide bonds. The summed E-state index contributed by atoms with van der Waals surface area (Å²) < 4.78 is 1.77. The van der Waals surface area contributed by atoms with Crippen molar-refractivity contribution in [3.8, 4) is 22.6 Å². The van der Waals surface area contributed by atoms with Gasteiger partial charge in [-0.2, -0.15) is 5.10 Å². The molecule has 164 valence electrons. The fourth-order valence-electron chi connectivity index (χ4n) is 4.31. The van der Waals surface area contributed by atoms with E-state index in [2.05, 4.69) is 43.9 Å². The van der Waals surface area contributed by atoms with E-state index >= 15 is 0 Å².